The molecule has 2 aromatic rings. The van der Waals surface area contributed by atoms with Crippen LogP contribution in [0.2, 0.25) is 0 Å². The lowest BCUT2D eigenvalue weighted by atomic mass is 9.83. The highest BCUT2D eigenvalue weighted by atomic mass is 32.2. The normalized spacial score (nSPS) is 24.0. The number of rotatable bonds is 7. The molecule has 1 aromatic heterocycles. The third-order valence-electron chi connectivity index (χ3n) is 5.54. The Kier molecular flexibility index (Phi) is 5.56. The Bertz CT molecular complexity index is 1020. The largest absolute Gasteiger partial charge is 0.490 e. The molecule has 0 radical (unpaired) electrons. The molecule has 6 nitrogen and oxygen atoms in total. The van der Waals surface area contributed by atoms with Crippen LogP contribution in [-0.4, -0.2) is 37.4 Å². The summed E-state index contributed by atoms with van der Waals surface area (Å²) in [6.07, 6.45) is 0.286. The van der Waals surface area contributed by atoms with Gasteiger partial charge in [0.15, 0.2) is 11.6 Å². The molecule has 10 heteroatoms. The van der Waals surface area contributed by atoms with Crippen LogP contribution >= 0.6 is 0 Å². The van der Waals surface area contributed by atoms with E-state index in [1.165, 1.54) is 12.1 Å². The van der Waals surface area contributed by atoms with Gasteiger partial charge in [-0.3, -0.25) is 0 Å². The summed E-state index contributed by atoms with van der Waals surface area (Å²) in [6, 6.07) is 5.23. The zero-order chi connectivity index (χ0) is 21.5. The van der Waals surface area contributed by atoms with E-state index < -0.39 is 45.4 Å². The van der Waals surface area contributed by atoms with Crippen LogP contribution in [0.4, 0.5) is 13.2 Å². The molecule has 2 fully saturated rings. The summed E-state index contributed by atoms with van der Waals surface area (Å²) in [7, 11) is -3.52. The van der Waals surface area contributed by atoms with Crippen molar-refractivity contribution in [3.05, 3.63) is 35.8 Å². The molecule has 0 unspecified atom stereocenters. The SMILES string of the molecule is Cc1cc(-c2ccc(OC[C@@H]3CC(F)(F)CC[C@@H]3NS(=O)(=O)C3CC3)c(F)c2)no1. The minimum atomic E-state index is -3.52. The van der Waals surface area contributed by atoms with E-state index in [1.54, 1.807) is 19.1 Å². The Morgan fingerprint density at radius 2 is 2.03 bits per heavy atom. The lowest BCUT2D eigenvalue weighted by Gasteiger charge is -2.36. The number of aryl methyl sites for hydroxylation is 1. The Hall–Kier alpha value is -2.07. The fraction of sp³-hybridized carbons (Fsp3) is 0.550. The first-order valence-corrected chi connectivity index (χ1v) is 11.4. The van der Waals surface area contributed by atoms with Gasteiger partial charge in [0.2, 0.25) is 15.9 Å². The molecule has 0 bridgehead atoms. The zero-order valence-electron chi connectivity index (χ0n) is 16.4. The van der Waals surface area contributed by atoms with Gasteiger partial charge in [-0.15, -0.1) is 0 Å². The van der Waals surface area contributed by atoms with Crippen LogP contribution in [0, 0.1) is 18.7 Å². The zero-order valence-corrected chi connectivity index (χ0v) is 17.2. The number of aromatic nitrogens is 1. The number of ether oxygens (including phenoxy) is 1. The first-order chi connectivity index (χ1) is 14.1. The van der Waals surface area contributed by atoms with Crippen LogP contribution in [-0.2, 0) is 10.0 Å². The highest BCUT2D eigenvalue weighted by molar-refractivity contribution is 7.90. The molecular formula is C20H23F3N2O4S. The van der Waals surface area contributed by atoms with Crippen LogP contribution in [0.1, 0.15) is 37.9 Å². The number of alkyl halides is 2. The molecule has 2 aliphatic carbocycles. The highest BCUT2D eigenvalue weighted by Crippen LogP contribution is 2.39. The van der Waals surface area contributed by atoms with Crippen molar-refractivity contribution in [2.24, 2.45) is 5.92 Å². The Labute approximate surface area is 172 Å². The van der Waals surface area contributed by atoms with Crippen molar-refractivity contribution in [1.29, 1.82) is 0 Å². The van der Waals surface area contributed by atoms with Crippen molar-refractivity contribution < 1.29 is 30.8 Å². The lowest BCUT2D eigenvalue weighted by Crippen LogP contribution is -2.49. The number of benzene rings is 1. The number of nitrogens with one attached hydrogen (secondary N) is 1. The van der Waals surface area contributed by atoms with Gasteiger partial charge in [-0.2, -0.15) is 0 Å². The van der Waals surface area contributed by atoms with Gasteiger partial charge in [-0.25, -0.2) is 26.3 Å². The van der Waals surface area contributed by atoms with Crippen LogP contribution in [0.25, 0.3) is 11.3 Å². The van der Waals surface area contributed by atoms with Gasteiger partial charge in [-0.1, -0.05) is 5.16 Å². The smallest absolute Gasteiger partial charge is 0.248 e. The second kappa shape index (κ2) is 7.88. The molecule has 0 spiro atoms. The van der Waals surface area contributed by atoms with Gasteiger partial charge in [-0.05, 0) is 44.4 Å². The summed E-state index contributed by atoms with van der Waals surface area (Å²) >= 11 is 0. The summed E-state index contributed by atoms with van der Waals surface area (Å²) in [5, 5.41) is 3.39. The number of sulfonamides is 1. The first-order valence-electron chi connectivity index (χ1n) is 9.88. The first kappa shape index (κ1) is 21.2. The fourth-order valence-corrected chi connectivity index (χ4v) is 5.40. The summed E-state index contributed by atoms with van der Waals surface area (Å²) in [4.78, 5) is 0. The number of nitrogens with zero attached hydrogens (tertiary/aromatic N) is 1. The van der Waals surface area contributed by atoms with Gasteiger partial charge in [0.1, 0.15) is 11.5 Å². The summed E-state index contributed by atoms with van der Waals surface area (Å²) in [6.45, 7) is 1.50. The van der Waals surface area contributed by atoms with E-state index in [4.69, 9.17) is 9.26 Å². The fourth-order valence-electron chi connectivity index (χ4n) is 3.72. The number of hydrogen-bond donors (Lipinski definition) is 1. The average molecular weight is 444 g/mol. The Morgan fingerprint density at radius 1 is 1.27 bits per heavy atom. The topological polar surface area (TPSA) is 81.4 Å². The van der Waals surface area contributed by atoms with Gasteiger partial charge in [0.25, 0.3) is 0 Å². The quantitative estimate of drug-likeness (QED) is 0.697. The van der Waals surface area contributed by atoms with Crippen LogP contribution < -0.4 is 9.46 Å². The van der Waals surface area contributed by atoms with Crippen LogP contribution in [0.5, 0.6) is 5.75 Å². The van der Waals surface area contributed by atoms with E-state index >= 15 is 0 Å². The summed E-state index contributed by atoms with van der Waals surface area (Å²) in [5.74, 6) is -3.83. The van der Waals surface area contributed by atoms with Gasteiger partial charge in [0, 0.05) is 36.4 Å². The van der Waals surface area contributed by atoms with Crippen molar-refractivity contribution in [2.75, 3.05) is 6.61 Å². The molecule has 1 N–H and O–H groups in total. The third-order valence-corrected chi connectivity index (χ3v) is 7.52. The predicted molar refractivity (Wildman–Crippen MR) is 103 cm³/mol. The van der Waals surface area contributed by atoms with Crippen molar-refractivity contribution >= 4 is 10.0 Å². The van der Waals surface area contributed by atoms with E-state index in [1.807, 2.05) is 0 Å². The van der Waals surface area contributed by atoms with Crippen molar-refractivity contribution in [3.63, 3.8) is 0 Å². The maximum atomic E-state index is 14.5. The minimum Gasteiger partial charge on any atom is -0.490 e. The molecule has 2 aliphatic rings. The highest BCUT2D eigenvalue weighted by Gasteiger charge is 2.45. The third kappa shape index (κ3) is 4.80. The second-order valence-corrected chi connectivity index (χ2v) is 10.1. The molecule has 0 aliphatic heterocycles. The maximum Gasteiger partial charge on any atom is 0.248 e. The summed E-state index contributed by atoms with van der Waals surface area (Å²) < 4.78 is 80.0. The van der Waals surface area contributed by atoms with Gasteiger partial charge >= 0.3 is 0 Å². The molecule has 1 aromatic carbocycles. The van der Waals surface area contributed by atoms with Crippen molar-refractivity contribution in [3.8, 4) is 17.0 Å². The van der Waals surface area contributed by atoms with E-state index in [0.29, 0.717) is 29.9 Å². The minimum absolute atomic E-state index is 0.0138. The summed E-state index contributed by atoms with van der Waals surface area (Å²) in [5.41, 5.74) is 0.968. The molecule has 30 heavy (non-hydrogen) atoms. The second-order valence-electron chi connectivity index (χ2n) is 8.11. The molecule has 0 saturated heterocycles. The van der Waals surface area contributed by atoms with E-state index in [-0.39, 0.29) is 25.2 Å². The number of hydrogen-bond acceptors (Lipinski definition) is 5. The maximum absolute atomic E-state index is 14.5. The molecule has 2 saturated carbocycles. The lowest BCUT2D eigenvalue weighted by molar-refractivity contribution is -0.0662. The van der Waals surface area contributed by atoms with Crippen molar-refractivity contribution in [1.82, 2.24) is 9.88 Å². The van der Waals surface area contributed by atoms with E-state index in [2.05, 4.69) is 9.88 Å². The van der Waals surface area contributed by atoms with Gasteiger partial charge in [0.05, 0.1) is 11.9 Å². The molecule has 4 rings (SSSR count). The van der Waals surface area contributed by atoms with Crippen LogP contribution in [0.3, 0.4) is 0 Å². The van der Waals surface area contributed by atoms with E-state index in [9.17, 15) is 21.6 Å². The molecular weight excluding hydrogens is 421 g/mol. The monoisotopic (exact) mass is 444 g/mol. The molecule has 0 amide bonds. The standard InChI is InChI=1S/C20H23F3N2O4S/c1-12-8-18(24-29-12)13-2-5-19(16(21)9-13)28-11-14-10-20(22,23)7-6-17(14)25-30(26,27)15-3-4-15/h2,5,8-9,14-15,17,25H,3-4,6-7,10-11H2,1H3/t14-,17-/m0/s1. The number of halogens is 3. The average Bonchev–Trinajstić information content (AvgIpc) is 3.45. The van der Waals surface area contributed by atoms with Gasteiger partial charge < -0.3 is 9.26 Å². The Balaban J connectivity index is 1.45. The molecule has 164 valence electrons. The van der Waals surface area contributed by atoms with E-state index in [0.717, 1.165) is 0 Å². The molecule has 1 heterocycles. The van der Waals surface area contributed by atoms with Crippen molar-refractivity contribution in [2.45, 2.75) is 56.2 Å². The molecule has 2 atom stereocenters. The Morgan fingerprint density at radius 3 is 2.67 bits per heavy atom. The van der Waals surface area contributed by atoms with Crippen LogP contribution in [0.15, 0.2) is 28.8 Å². The predicted octanol–water partition coefficient (Wildman–Crippen LogP) is 4.05.